The highest BCUT2D eigenvalue weighted by atomic mass is 16.3. The lowest BCUT2D eigenvalue weighted by atomic mass is 9.93. The van der Waals surface area contributed by atoms with Crippen LogP contribution in [0.3, 0.4) is 0 Å². The molecule has 11 rings (SSSR count). The van der Waals surface area contributed by atoms with Crippen LogP contribution in [0.15, 0.2) is 203 Å². The van der Waals surface area contributed by atoms with Gasteiger partial charge in [-0.05, 0) is 93.5 Å². The topological polar surface area (TPSA) is 39.5 Å². The zero-order valence-electron chi connectivity index (χ0n) is 29.7. The zero-order valence-corrected chi connectivity index (χ0v) is 29.7. The second-order valence-electron chi connectivity index (χ2n) is 14.1. The maximum absolute atomic E-state index is 15.1. The molecule has 3 aromatic heterocycles. The Balaban J connectivity index is 1.28. The van der Waals surface area contributed by atoms with Gasteiger partial charge in [-0.3, -0.25) is 13.8 Å². The normalized spacial score (nSPS) is 11.7. The summed E-state index contributed by atoms with van der Waals surface area (Å²) in [5.41, 5.74) is 13.8. The van der Waals surface area contributed by atoms with E-state index in [9.17, 15) is 0 Å². The molecule has 55 heavy (non-hydrogen) atoms. The van der Waals surface area contributed by atoms with Crippen molar-refractivity contribution in [3.63, 3.8) is 0 Å². The van der Waals surface area contributed by atoms with Crippen LogP contribution < -0.4 is 5.56 Å². The highest BCUT2D eigenvalue weighted by molar-refractivity contribution is 6.12. The summed E-state index contributed by atoms with van der Waals surface area (Å²) in [7, 11) is 0. The first kappa shape index (κ1) is 31.1. The molecular formula is C51H32N2O2. The van der Waals surface area contributed by atoms with Gasteiger partial charge >= 0.3 is 0 Å². The molecule has 0 saturated carbocycles. The predicted molar refractivity (Wildman–Crippen MR) is 227 cm³/mol. The third-order valence-corrected chi connectivity index (χ3v) is 10.9. The van der Waals surface area contributed by atoms with Gasteiger partial charge in [0.2, 0.25) is 0 Å². The van der Waals surface area contributed by atoms with Gasteiger partial charge in [0.25, 0.3) is 5.56 Å². The fourth-order valence-corrected chi connectivity index (χ4v) is 8.42. The quantitative estimate of drug-likeness (QED) is 0.179. The van der Waals surface area contributed by atoms with Gasteiger partial charge in [0.1, 0.15) is 16.8 Å². The lowest BCUT2D eigenvalue weighted by molar-refractivity contribution is 0.669. The van der Waals surface area contributed by atoms with Crippen molar-refractivity contribution >= 4 is 49.4 Å². The van der Waals surface area contributed by atoms with E-state index in [0.717, 1.165) is 94.2 Å². The molecule has 0 atom stereocenters. The third-order valence-electron chi connectivity index (χ3n) is 10.9. The second-order valence-corrected chi connectivity index (χ2v) is 14.1. The molecule has 4 nitrogen and oxygen atoms in total. The molecule has 0 unspecified atom stereocenters. The highest BCUT2D eigenvalue weighted by Crippen LogP contribution is 2.42. The Kier molecular flexibility index (Phi) is 6.98. The molecule has 4 heteroatoms. The predicted octanol–water partition coefficient (Wildman–Crippen LogP) is 13.0. The molecular weight excluding hydrogens is 673 g/mol. The number of para-hydroxylation sites is 2. The van der Waals surface area contributed by atoms with E-state index in [4.69, 9.17) is 4.42 Å². The molecule has 11 aromatic rings. The highest BCUT2D eigenvalue weighted by Gasteiger charge is 2.24. The van der Waals surface area contributed by atoms with Crippen molar-refractivity contribution in [3.8, 4) is 50.2 Å². The van der Waals surface area contributed by atoms with Crippen LogP contribution in [0, 0.1) is 0 Å². The number of furan rings is 1. The van der Waals surface area contributed by atoms with Gasteiger partial charge < -0.3 is 4.42 Å². The van der Waals surface area contributed by atoms with Crippen molar-refractivity contribution in [1.29, 1.82) is 0 Å². The van der Waals surface area contributed by atoms with Crippen molar-refractivity contribution in [2.45, 2.75) is 0 Å². The molecule has 0 saturated heterocycles. The maximum atomic E-state index is 15.1. The van der Waals surface area contributed by atoms with Crippen molar-refractivity contribution in [3.05, 3.63) is 204 Å². The standard InChI is InChI=1S/C51H32N2O2/c54-51-41-21-10-12-23-43(41)52-45-32-36(39-30-37(33-15-4-1-5-16-33)29-38(31-39)34-17-6-2-7-18-34)27-28-40(45)48(35-19-8-3-9-20-35)50(52)53(51)44-24-14-26-47-49(44)42-22-11-13-25-46(42)55-47/h1-32H. The minimum Gasteiger partial charge on any atom is -0.456 e. The fraction of sp³-hybridized carbons (Fsp3) is 0. The van der Waals surface area contributed by atoms with E-state index in [0.29, 0.717) is 5.39 Å². The minimum absolute atomic E-state index is 0.0795. The Bertz CT molecular complexity index is 3260. The van der Waals surface area contributed by atoms with Crippen molar-refractivity contribution in [2.75, 3.05) is 0 Å². The number of rotatable bonds is 5. The van der Waals surface area contributed by atoms with Crippen LogP contribution in [0.4, 0.5) is 0 Å². The first-order valence-corrected chi connectivity index (χ1v) is 18.6. The molecule has 0 aliphatic carbocycles. The Labute approximate surface area is 316 Å². The number of benzene rings is 8. The number of aromatic nitrogens is 2. The van der Waals surface area contributed by atoms with E-state index in [1.54, 1.807) is 0 Å². The summed E-state index contributed by atoms with van der Waals surface area (Å²) in [6.07, 6.45) is 0. The number of hydrogen-bond acceptors (Lipinski definition) is 2. The lowest BCUT2D eigenvalue weighted by Gasteiger charge is -2.15. The molecule has 0 fully saturated rings. The largest absolute Gasteiger partial charge is 0.456 e. The van der Waals surface area contributed by atoms with Gasteiger partial charge in [0.05, 0.1) is 27.5 Å². The Morgan fingerprint density at radius 2 is 0.945 bits per heavy atom. The maximum Gasteiger partial charge on any atom is 0.266 e. The molecule has 0 spiro atoms. The molecule has 8 aromatic carbocycles. The Morgan fingerprint density at radius 3 is 1.64 bits per heavy atom. The first-order valence-electron chi connectivity index (χ1n) is 18.6. The smallest absolute Gasteiger partial charge is 0.266 e. The summed E-state index contributed by atoms with van der Waals surface area (Å²) in [6, 6.07) is 67.2. The Hall–Kier alpha value is -7.43. The van der Waals surface area contributed by atoms with Crippen LogP contribution in [-0.2, 0) is 0 Å². The van der Waals surface area contributed by atoms with Gasteiger partial charge in [0, 0.05) is 16.3 Å². The molecule has 3 heterocycles. The molecule has 0 bridgehead atoms. The van der Waals surface area contributed by atoms with Gasteiger partial charge in [-0.15, -0.1) is 0 Å². The van der Waals surface area contributed by atoms with Crippen molar-refractivity contribution < 1.29 is 4.42 Å². The van der Waals surface area contributed by atoms with E-state index < -0.39 is 0 Å². The fourth-order valence-electron chi connectivity index (χ4n) is 8.42. The third kappa shape index (κ3) is 4.89. The average molecular weight is 705 g/mol. The van der Waals surface area contributed by atoms with E-state index in [-0.39, 0.29) is 5.56 Å². The van der Waals surface area contributed by atoms with Crippen LogP contribution in [0.25, 0.3) is 99.6 Å². The minimum atomic E-state index is -0.0795. The Morgan fingerprint density at radius 1 is 0.382 bits per heavy atom. The molecule has 0 aliphatic heterocycles. The second kappa shape index (κ2) is 12.3. The van der Waals surface area contributed by atoms with Crippen LogP contribution in [0.1, 0.15) is 0 Å². The molecule has 0 N–H and O–H groups in total. The van der Waals surface area contributed by atoms with Crippen LogP contribution >= 0.6 is 0 Å². The zero-order chi connectivity index (χ0) is 36.5. The molecule has 0 aliphatic rings. The SMILES string of the molecule is O=c1c2ccccc2n2c3cc(-c4cc(-c5ccccc5)cc(-c5ccccc5)c4)ccc3c(-c3ccccc3)c2n1-c1cccc2oc3ccccc3c12. The number of hydrogen-bond donors (Lipinski definition) is 0. The molecule has 0 amide bonds. The van der Waals surface area contributed by atoms with Gasteiger partial charge in [-0.2, -0.15) is 0 Å². The summed E-state index contributed by atoms with van der Waals surface area (Å²) in [6.45, 7) is 0. The summed E-state index contributed by atoms with van der Waals surface area (Å²) in [4.78, 5) is 15.1. The molecule has 258 valence electrons. The van der Waals surface area contributed by atoms with Crippen LogP contribution in [0.2, 0.25) is 0 Å². The first-order chi connectivity index (χ1) is 27.2. The van der Waals surface area contributed by atoms with E-state index >= 15 is 4.79 Å². The average Bonchev–Trinajstić information content (AvgIpc) is 3.81. The van der Waals surface area contributed by atoms with Crippen molar-refractivity contribution in [1.82, 2.24) is 8.97 Å². The van der Waals surface area contributed by atoms with E-state index in [1.165, 1.54) is 0 Å². The molecule has 0 radical (unpaired) electrons. The summed E-state index contributed by atoms with van der Waals surface area (Å²) in [5, 5.41) is 3.58. The number of nitrogens with zero attached hydrogens (tertiary/aromatic N) is 2. The van der Waals surface area contributed by atoms with Crippen molar-refractivity contribution in [2.24, 2.45) is 0 Å². The van der Waals surface area contributed by atoms with Crippen LogP contribution in [0.5, 0.6) is 0 Å². The summed E-state index contributed by atoms with van der Waals surface area (Å²) < 4.78 is 10.6. The lowest BCUT2D eigenvalue weighted by Crippen LogP contribution is -2.21. The summed E-state index contributed by atoms with van der Waals surface area (Å²) in [5.74, 6) is 0. The van der Waals surface area contributed by atoms with Gasteiger partial charge in [-0.25, -0.2) is 0 Å². The van der Waals surface area contributed by atoms with Gasteiger partial charge in [0.15, 0.2) is 0 Å². The number of fused-ring (bicyclic) bond motifs is 8. The monoisotopic (exact) mass is 704 g/mol. The summed E-state index contributed by atoms with van der Waals surface area (Å²) >= 11 is 0. The van der Waals surface area contributed by atoms with Crippen LogP contribution in [-0.4, -0.2) is 8.97 Å². The van der Waals surface area contributed by atoms with E-state index in [2.05, 4.69) is 138 Å². The van der Waals surface area contributed by atoms with E-state index in [1.807, 2.05) is 65.2 Å². The van der Waals surface area contributed by atoms with Gasteiger partial charge in [-0.1, -0.05) is 140 Å².